The van der Waals surface area contributed by atoms with Gasteiger partial charge in [-0.25, -0.2) is 4.79 Å². The summed E-state index contributed by atoms with van der Waals surface area (Å²) in [5.41, 5.74) is 0.892. The van der Waals surface area contributed by atoms with E-state index < -0.39 is 5.97 Å². The number of thioether (sulfide) groups is 1. The topological polar surface area (TPSA) is 49.3 Å². The van der Waals surface area contributed by atoms with Gasteiger partial charge in [-0.15, -0.1) is 18.2 Å². The number of benzene rings is 1. The number of aromatic carboxylic acids is 1. The summed E-state index contributed by atoms with van der Waals surface area (Å²) in [5.74, 6) is 3.12. The molecule has 0 radical (unpaired) electrons. The molecule has 5 heteroatoms. The zero-order valence-electron chi connectivity index (χ0n) is 9.07. The summed E-state index contributed by atoms with van der Waals surface area (Å²) in [6.45, 7) is 0.689. The lowest BCUT2D eigenvalue weighted by Gasteiger charge is -2.09. The summed E-state index contributed by atoms with van der Waals surface area (Å²) < 4.78 is 0.752. The minimum absolute atomic E-state index is 0.265. The maximum absolute atomic E-state index is 11.0. The minimum atomic E-state index is -0.940. The molecule has 17 heavy (non-hydrogen) atoms. The minimum Gasteiger partial charge on any atom is -0.478 e. The van der Waals surface area contributed by atoms with Crippen LogP contribution in [-0.2, 0) is 0 Å². The van der Waals surface area contributed by atoms with E-state index in [2.05, 4.69) is 27.2 Å². The highest BCUT2D eigenvalue weighted by atomic mass is 79.9. The lowest BCUT2D eigenvalue weighted by atomic mass is 10.2. The molecule has 0 saturated carbocycles. The Bertz CT molecular complexity index is 443. The first-order valence-corrected chi connectivity index (χ1v) is 6.88. The first-order valence-electron chi connectivity index (χ1n) is 4.93. The number of carboxylic acid groups (broad SMARTS) is 1. The van der Waals surface area contributed by atoms with Crippen LogP contribution in [0.1, 0.15) is 10.4 Å². The summed E-state index contributed by atoms with van der Waals surface area (Å²) in [6.07, 6.45) is 5.13. The van der Waals surface area contributed by atoms with E-state index in [9.17, 15) is 4.79 Å². The molecule has 0 heterocycles. The highest BCUT2D eigenvalue weighted by molar-refractivity contribution is 9.10. The summed E-state index contributed by atoms with van der Waals surface area (Å²) in [7, 11) is 0. The third kappa shape index (κ3) is 4.72. The summed E-state index contributed by atoms with van der Waals surface area (Å²) >= 11 is 4.88. The molecule has 3 nitrogen and oxygen atoms in total. The summed E-state index contributed by atoms with van der Waals surface area (Å²) in [5, 5.41) is 12.1. The summed E-state index contributed by atoms with van der Waals surface area (Å²) in [4.78, 5) is 11.0. The fourth-order valence-corrected chi connectivity index (χ4v) is 2.11. The van der Waals surface area contributed by atoms with Crippen molar-refractivity contribution in [2.75, 3.05) is 23.4 Å². The molecule has 0 saturated heterocycles. The average Bonchev–Trinajstić information content (AvgIpc) is 2.30. The summed E-state index contributed by atoms with van der Waals surface area (Å²) in [6, 6.07) is 5.14. The zero-order chi connectivity index (χ0) is 12.7. The average molecular weight is 314 g/mol. The fraction of sp³-hybridized carbons (Fsp3) is 0.250. The molecular weight excluding hydrogens is 302 g/mol. The van der Waals surface area contributed by atoms with Crippen LogP contribution in [0.3, 0.4) is 0 Å². The Morgan fingerprint density at radius 1 is 1.59 bits per heavy atom. The van der Waals surface area contributed by atoms with Crippen molar-refractivity contribution in [2.24, 2.45) is 0 Å². The van der Waals surface area contributed by atoms with Gasteiger partial charge in [0.15, 0.2) is 0 Å². The highest BCUT2D eigenvalue weighted by Gasteiger charge is 2.09. The smallest absolute Gasteiger partial charge is 0.337 e. The van der Waals surface area contributed by atoms with Crippen molar-refractivity contribution >= 4 is 39.3 Å². The zero-order valence-corrected chi connectivity index (χ0v) is 11.5. The maximum Gasteiger partial charge on any atom is 0.337 e. The van der Waals surface area contributed by atoms with E-state index >= 15 is 0 Å². The van der Waals surface area contributed by atoms with Gasteiger partial charge in [-0.3, -0.25) is 0 Å². The van der Waals surface area contributed by atoms with Crippen LogP contribution in [0.5, 0.6) is 0 Å². The van der Waals surface area contributed by atoms with E-state index in [4.69, 9.17) is 11.5 Å². The third-order valence-electron chi connectivity index (χ3n) is 1.96. The van der Waals surface area contributed by atoms with Gasteiger partial charge in [-0.05, 0) is 18.2 Å². The maximum atomic E-state index is 11.0. The van der Waals surface area contributed by atoms with Crippen molar-refractivity contribution < 1.29 is 9.90 Å². The Morgan fingerprint density at radius 2 is 2.35 bits per heavy atom. The van der Waals surface area contributed by atoms with E-state index in [1.54, 1.807) is 23.9 Å². The molecule has 0 fully saturated rings. The monoisotopic (exact) mass is 313 g/mol. The van der Waals surface area contributed by atoms with Crippen LogP contribution in [0.25, 0.3) is 0 Å². The van der Waals surface area contributed by atoms with Gasteiger partial charge in [0.25, 0.3) is 0 Å². The number of terminal acetylenes is 1. The molecule has 0 amide bonds. The molecule has 0 atom stereocenters. The molecule has 0 bridgehead atoms. The molecule has 90 valence electrons. The molecule has 1 rings (SSSR count). The number of carbonyl (C=O) groups is 1. The Morgan fingerprint density at radius 3 is 3.00 bits per heavy atom. The molecule has 2 N–H and O–H groups in total. The normalized spacial score (nSPS) is 9.65. The number of halogens is 1. The van der Waals surface area contributed by atoms with E-state index in [0.717, 1.165) is 10.2 Å². The van der Waals surface area contributed by atoms with Gasteiger partial charge in [-0.1, -0.05) is 21.9 Å². The van der Waals surface area contributed by atoms with E-state index in [1.165, 1.54) is 0 Å². The van der Waals surface area contributed by atoms with Gasteiger partial charge in [0, 0.05) is 22.5 Å². The number of anilines is 1. The Labute approximate surface area is 113 Å². The quantitative estimate of drug-likeness (QED) is 0.626. The fourth-order valence-electron chi connectivity index (χ4n) is 1.24. The number of rotatable bonds is 6. The second-order valence-electron chi connectivity index (χ2n) is 3.18. The Hall–Kier alpha value is -1.12. The van der Waals surface area contributed by atoms with Crippen molar-refractivity contribution in [3.8, 4) is 12.3 Å². The van der Waals surface area contributed by atoms with Crippen molar-refractivity contribution in [3.05, 3.63) is 28.2 Å². The third-order valence-corrected chi connectivity index (χ3v) is 3.32. The van der Waals surface area contributed by atoms with Crippen LogP contribution >= 0.6 is 27.7 Å². The predicted molar refractivity (Wildman–Crippen MR) is 75.7 cm³/mol. The van der Waals surface area contributed by atoms with Crippen molar-refractivity contribution in [2.45, 2.75) is 0 Å². The predicted octanol–water partition coefficient (Wildman–Crippen LogP) is 2.93. The van der Waals surface area contributed by atoms with Crippen LogP contribution in [0.2, 0.25) is 0 Å². The number of carboxylic acids is 1. The molecule has 1 aromatic rings. The largest absolute Gasteiger partial charge is 0.478 e. The molecule has 0 aliphatic heterocycles. The van der Waals surface area contributed by atoms with Crippen LogP contribution in [0.15, 0.2) is 22.7 Å². The Balaban J connectivity index is 2.59. The van der Waals surface area contributed by atoms with E-state index in [-0.39, 0.29) is 5.56 Å². The van der Waals surface area contributed by atoms with Gasteiger partial charge in [-0.2, -0.15) is 0 Å². The van der Waals surface area contributed by atoms with Crippen molar-refractivity contribution in [1.82, 2.24) is 0 Å². The number of hydrogen-bond donors (Lipinski definition) is 2. The van der Waals surface area contributed by atoms with Crippen LogP contribution < -0.4 is 5.32 Å². The molecule has 0 spiro atoms. The number of hydrogen-bond acceptors (Lipinski definition) is 3. The first kappa shape index (κ1) is 13.9. The Kier molecular flexibility index (Phi) is 5.95. The standard InChI is InChI=1S/C12H12BrNO2S/c1-2-6-17-7-5-14-11-4-3-9(13)8-10(11)12(15)16/h1,3-4,8,14H,5-7H2,(H,15,16). The molecule has 0 aromatic heterocycles. The van der Waals surface area contributed by atoms with Crippen molar-refractivity contribution in [3.63, 3.8) is 0 Å². The van der Waals surface area contributed by atoms with Gasteiger partial charge in [0.05, 0.1) is 11.3 Å². The van der Waals surface area contributed by atoms with E-state index in [1.807, 2.05) is 6.07 Å². The van der Waals surface area contributed by atoms with Crippen LogP contribution in [0, 0.1) is 12.3 Å². The molecular formula is C12H12BrNO2S. The van der Waals surface area contributed by atoms with Gasteiger partial charge in [0.1, 0.15) is 0 Å². The first-order chi connectivity index (χ1) is 8.15. The lowest BCUT2D eigenvalue weighted by Crippen LogP contribution is -2.09. The number of nitrogens with one attached hydrogen (secondary N) is 1. The van der Waals surface area contributed by atoms with E-state index in [0.29, 0.717) is 18.0 Å². The molecule has 1 aromatic carbocycles. The molecule has 0 aliphatic carbocycles. The SMILES string of the molecule is C#CCSCCNc1ccc(Br)cc1C(=O)O. The second-order valence-corrected chi connectivity index (χ2v) is 5.20. The van der Waals surface area contributed by atoms with Crippen molar-refractivity contribution in [1.29, 1.82) is 0 Å². The lowest BCUT2D eigenvalue weighted by molar-refractivity contribution is 0.0698. The van der Waals surface area contributed by atoms with Crippen LogP contribution in [-0.4, -0.2) is 29.1 Å². The second kappa shape index (κ2) is 7.25. The van der Waals surface area contributed by atoms with Gasteiger partial charge < -0.3 is 10.4 Å². The molecule has 0 unspecified atom stereocenters. The van der Waals surface area contributed by atoms with Gasteiger partial charge in [0.2, 0.25) is 0 Å². The van der Waals surface area contributed by atoms with Crippen LogP contribution in [0.4, 0.5) is 5.69 Å². The van der Waals surface area contributed by atoms with Gasteiger partial charge >= 0.3 is 5.97 Å². The highest BCUT2D eigenvalue weighted by Crippen LogP contribution is 2.21. The molecule has 0 aliphatic rings.